The van der Waals surface area contributed by atoms with Gasteiger partial charge in [-0.25, -0.2) is 0 Å². The molecule has 0 spiro atoms. The Bertz CT molecular complexity index is 317. The lowest BCUT2D eigenvalue weighted by atomic mass is 10.1. The summed E-state index contributed by atoms with van der Waals surface area (Å²) in [6.07, 6.45) is 13.4. The first-order valence-corrected chi connectivity index (χ1v) is 10.1. The summed E-state index contributed by atoms with van der Waals surface area (Å²) < 4.78 is 27.7. The summed E-state index contributed by atoms with van der Waals surface area (Å²) in [5, 5.41) is 2.50. The van der Waals surface area contributed by atoms with Crippen molar-refractivity contribution in [3.63, 3.8) is 0 Å². The standard InChI is InChI=1S/C16H35NO3S/c1-4-6-7-8-9-10-11-12-13-14-15-17-16(5-2)21(18,19)20-3/h16-17H,4-15H2,1-3H3. The third-order valence-corrected chi connectivity index (χ3v) is 5.52. The molecule has 0 aliphatic heterocycles. The summed E-state index contributed by atoms with van der Waals surface area (Å²) in [6, 6.07) is 0. The monoisotopic (exact) mass is 321 g/mol. The first-order chi connectivity index (χ1) is 10.1. The van der Waals surface area contributed by atoms with Gasteiger partial charge in [0.1, 0.15) is 5.37 Å². The van der Waals surface area contributed by atoms with Gasteiger partial charge in [0.25, 0.3) is 10.1 Å². The van der Waals surface area contributed by atoms with Gasteiger partial charge in [0.05, 0.1) is 7.11 Å². The van der Waals surface area contributed by atoms with E-state index in [0.29, 0.717) is 6.42 Å². The van der Waals surface area contributed by atoms with Crippen LogP contribution in [0, 0.1) is 0 Å². The maximum Gasteiger partial charge on any atom is 0.283 e. The summed E-state index contributed by atoms with van der Waals surface area (Å²) >= 11 is 0. The minimum atomic E-state index is -3.43. The van der Waals surface area contributed by atoms with E-state index >= 15 is 0 Å². The van der Waals surface area contributed by atoms with Crippen LogP contribution in [0.15, 0.2) is 0 Å². The normalized spacial score (nSPS) is 13.5. The molecule has 0 heterocycles. The van der Waals surface area contributed by atoms with Gasteiger partial charge in [0.15, 0.2) is 0 Å². The van der Waals surface area contributed by atoms with Crippen LogP contribution in [0.25, 0.3) is 0 Å². The highest BCUT2D eigenvalue weighted by atomic mass is 32.2. The van der Waals surface area contributed by atoms with Crippen LogP contribution in [0.3, 0.4) is 0 Å². The molecule has 0 aliphatic carbocycles. The van der Waals surface area contributed by atoms with Gasteiger partial charge in [0, 0.05) is 0 Å². The molecule has 0 bridgehead atoms. The lowest BCUT2D eigenvalue weighted by Crippen LogP contribution is -2.37. The van der Waals surface area contributed by atoms with Gasteiger partial charge in [-0.1, -0.05) is 71.6 Å². The Morgan fingerprint density at radius 2 is 1.33 bits per heavy atom. The summed E-state index contributed by atoms with van der Waals surface area (Å²) in [5.41, 5.74) is 0. The fraction of sp³-hybridized carbons (Fsp3) is 1.00. The molecule has 128 valence electrons. The van der Waals surface area contributed by atoms with Crippen molar-refractivity contribution in [2.45, 2.75) is 89.9 Å². The molecule has 0 aliphatic rings. The van der Waals surface area contributed by atoms with E-state index in [9.17, 15) is 8.42 Å². The maximum atomic E-state index is 11.6. The molecule has 1 atom stereocenters. The van der Waals surface area contributed by atoms with Crippen molar-refractivity contribution >= 4 is 10.1 Å². The van der Waals surface area contributed by atoms with Crippen molar-refractivity contribution in [1.29, 1.82) is 0 Å². The highest BCUT2D eigenvalue weighted by Crippen LogP contribution is 2.10. The van der Waals surface area contributed by atoms with Gasteiger partial charge < -0.3 is 0 Å². The van der Waals surface area contributed by atoms with Gasteiger partial charge in [-0.15, -0.1) is 0 Å². The number of hydrogen-bond donors (Lipinski definition) is 1. The van der Waals surface area contributed by atoms with E-state index in [1.807, 2.05) is 6.92 Å². The molecular formula is C16H35NO3S. The predicted octanol–water partition coefficient (Wildman–Crippen LogP) is 4.21. The van der Waals surface area contributed by atoms with Gasteiger partial charge in [0.2, 0.25) is 0 Å². The van der Waals surface area contributed by atoms with E-state index in [2.05, 4.69) is 16.4 Å². The van der Waals surface area contributed by atoms with E-state index < -0.39 is 15.5 Å². The molecule has 0 amide bonds. The third-order valence-electron chi connectivity index (χ3n) is 3.85. The average Bonchev–Trinajstić information content (AvgIpc) is 2.48. The van der Waals surface area contributed by atoms with Crippen molar-refractivity contribution in [3.05, 3.63) is 0 Å². The minimum Gasteiger partial charge on any atom is -0.299 e. The van der Waals surface area contributed by atoms with Crippen LogP contribution in [-0.4, -0.2) is 27.4 Å². The smallest absolute Gasteiger partial charge is 0.283 e. The van der Waals surface area contributed by atoms with E-state index in [1.165, 1.54) is 64.9 Å². The van der Waals surface area contributed by atoms with Gasteiger partial charge in [-0.3, -0.25) is 9.50 Å². The predicted molar refractivity (Wildman–Crippen MR) is 89.9 cm³/mol. The molecule has 1 unspecified atom stereocenters. The maximum absolute atomic E-state index is 11.6. The number of rotatable bonds is 15. The van der Waals surface area contributed by atoms with E-state index in [-0.39, 0.29) is 0 Å². The van der Waals surface area contributed by atoms with Gasteiger partial charge in [-0.05, 0) is 19.4 Å². The zero-order valence-corrected chi connectivity index (χ0v) is 15.0. The second-order valence-electron chi connectivity index (χ2n) is 5.69. The molecule has 0 saturated heterocycles. The lowest BCUT2D eigenvalue weighted by molar-refractivity contribution is 0.375. The van der Waals surface area contributed by atoms with Crippen LogP contribution in [-0.2, 0) is 14.3 Å². The van der Waals surface area contributed by atoms with Gasteiger partial charge in [-0.2, -0.15) is 8.42 Å². The van der Waals surface area contributed by atoms with Crippen LogP contribution in [0.2, 0.25) is 0 Å². The second-order valence-corrected chi connectivity index (χ2v) is 7.58. The molecule has 0 radical (unpaired) electrons. The summed E-state index contributed by atoms with van der Waals surface area (Å²) in [7, 11) is -2.21. The zero-order chi connectivity index (χ0) is 16.0. The first kappa shape index (κ1) is 20.9. The highest BCUT2D eigenvalue weighted by Gasteiger charge is 2.22. The van der Waals surface area contributed by atoms with E-state index in [0.717, 1.165) is 13.0 Å². The Hall–Kier alpha value is -0.130. The van der Waals surface area contributed by atoms with Crippen molar-refractivity contribution < 1.29 is 12.6 Å². The molecular weight excluding hydrogens is 286 g/mol. The molecule has 21 heavy (non-hydrogen) atoms. The van der Waals surface area contributed by atoms with Crippen LogP contribution < -0.4 is 5.32 Å². The van der Waals surface area contributed by atoms with Crippen LogP contribution >= 0.6 is 0 Å². The Morgan fingerprint density at radius 3 is 1.76 bits per heavy atom. The molecule has 0 rings (SSSR count). The molecule has 5 heteroatoms. The summed E-state index contributed by atoms with van der Waals surface area (Å²) in [5.74, 6) is 0. The Morgan fingerprint density at radius 1 is 0.857 bits per heavy atom. The molecule has 0 aromatic heterocycles. The molecule has 0 aromatic carbocycles. The quantitative estimate of drug-likeness (QED) is 0.362. The molecule has 0 saturated carbocycles. The summed E-state index contributed by atoms with van der Waals surface area (Å²) in [6.45, 7) is 4.85. The molecule has 4 nitrogen and oxygen atoms in total. The fourth-order valence-electron chi connectivity index (χ4n) is 2.44. The zero-order valence-electron chi connectivity index (χ0n) is 14.2. The minimum absolute atomic E-state index is 0.536. The molecule has 0 aromatic rings. The highest BCUT2D eigenvalue weighted by molar-refractivity contribution is 7.87. The Balaban J connectivity index is 3.43. The van der Waals surface area contributed by atoms with Crippen molar-refractivity contribution in [2.24, 2.45) is 0 Å². The Labute approximate surface area is 132 Å². The van der Waals surface area contributed by atoms with Gasteiger partial charge >= 0.3 is 0 Å². The van der Waals surface area contributed by atoms with Crippen molar-refractivity contribution in [2.75, 3.05) is 13.7 Å². The van der Waals surface area contributed by atoms with Crippen molar-refractivity contribution in [1.82, 2.24) is 5.32 Å². The van der Waals surface area contributed by atoms with Crippen LogP contribution in [0.1, 0.15) is 84.5 Å². The van der Waals surface area contributed by atoms with Crippen LogP contribution in [0.4, 0.5) is 0 Å². The SMILES string of the molecule is CCCCCCCCCCCCNC(CC)S(=O)(=O)OC. The Kier molecular flexibility index (Phi) is 13.4. The van der Waals surface area contributed by atoms with Crippen LogP contribution in [0.5, 0.6) is 0 Å². The summed E-state index contributed by atoms with van der Waals surface area (Å²) in [4.78, 5) is 0. The average molecular weight is 322 g/mol. The fourth-order valence-corrected chi connectivity index (χ4v) is 3.40. The lowest BCUT2D eigenvalue weighted by Gasteiger charge is -2.15. The number of nitrogens with one attached hydrogen (secondary N) is 1. The molecule has 1 N–H and O–H groups in total. The molecule has 0 fully saturated rings. The van der Waals surface area contributed by atoms with E-state index in [4.69, 9.17) is 0 Å². The number of hydrogen-bond acceptors (Lipinski definition) is 4. The first-order valence-electron chi connectivity index (χ1n) is 8.61. The van der Waals surface area contributed by atoms with Crippen molar-refractivity contribution in [3.8, 4) is 0 Å². The number of unbranched alkanes of at least 4 members (excludes halogenated alkanes) is 9. The second kappa shape index (κ2) is 13.5. The van der Waals surface area contributed by atoms with E-state index in [1.54, 1.807) is 0 Å². The largest absolute Gasteiger partial charge is 0.299 e. The topological polar surface area (TPSA) is 55.4 Å². The third kappa shape index (κ3) is 11.1.